The molecule has 1 aliphatic rings. The number of fused-ring (bicyclic) bond motifs is 1. The summed E-state index contributed by atoms with van der Waals surface area (Å²) in [5, 5.41) is 33.2. The van der Waals surface area contributed by atoms with Crippen LogP contribution in [0.25, 0.3) is 28.0 Å². The van der Waals surface area contributed by atoms with E-state index in [4.69, 9.17) is 4.98 Å². The van der Waals surface area contributed by atoms with Gasteiger partial charge in [0.05, 0.1) is 66.0 Å². The van der Waals surface area contributed by atoms with E-state index in [1.807, 2.05) is 38.5 Å². The number of hydrogen-bond acceptors (Lipinski definition) is 6. The Bertz CT molecular complexity index is 1180. The van der Waals surface area contributed by atoms with Gasteiger partial charge in [-0.15, -0.1) is 0 Å². The van der Waals surface area contributed by atoms with Crippen LogP contribution in [0, 0.1) is 0 Å². The van der Waals surface area contributed by atoms with Crippen molar-refractivity contribution >= 4 is 5.52 Å². The van der Waals surface area contributed by atoms with Gasteiger partial charge in [0.25, 0.3) is 0 Å². The zero-order valence-electron chi connectivity index (χ0n) is 17.7. The standard InChI is InChI=1S/C22H27N7O2/c1-3-16(4-2)27-12-15(10-25-27)22-19-5-6-23-29(19)13-18(26-22)14-9-24-28(11-14)17-7-20(30)21(31)8-17/h5-6,9-13,16-17,20-21,30-31H,3-4,7-8H2,1-2H3/t17-,20-,21+. The van der Waals surface area contributed by atoms with Gasteiger partial charge < -0.3 is 10.2 Å². The molecule has 2 N–H and O–H groups in total. The van der Waals surface area contributed by atoms with Crippen LogP contribution in [0.3, 0.4) is 0 Å². The first-order valence-corrected chi connectivity index (χ1v) is 10.9. The van der Waals surface area contributed by atoms with Crippen LogP contribution in [0.2, 0.25) is 0 Å². The molecule has 0 saturated heterocycles. The molecular formula is C22H27N7O2. The van der Waals surface area contributed by atoms with E-state index in [2.05, 4.69) is 35.3 Å². The van der Waals surface area contributed by atoms with Crippen LogP contribution < -0.4 is 0 Å². The molecule has 3 atom stereocenters. The van der Waals surface area contributed by atoms with E-state index in [0.29, 0.717) is 18.9 Å². The molecule has 0 aliphatic heterocycles. The van der Waals surface area contributed by atoms with Gasteiger partial charge in [-0.25, -0.2) is 9.50 Å². The smallest absolute Gasteiger partial charge is 0.0999 e. The molecule has 1 saturated carbocycles. The first kappa shape index (κ1) is 19.9. The third kappa shape index (κ3) is 3.53. The van der Waals surface area contributed by atoms with E-state index in [1.54, 1.807) is 12.4 Å². The zero-order valence-corrected chi connectivity index (χ0v) is 17.7. The second kappa shape index (κ2) is 7.90. The number of aliphatic hydroxyl groups is 2. The minimum Gasteiger partial charge on any atom is -0.390 e. The van der Waals surface area contributed by atoms with Crippen LogP contribution in [0.4, 0.5) is 0 Å². The first-order valence-electron chi connectivity index (χ1n) is 10.9. The Morgan fingerprint density at radius 3 is 2.45 bits per heavy atom. The lowest BCUT2D eigenvalue weighted by molar-refractivity contribution is 0.0438. The third-order valence-electron chi connectivity index (χ3n) is 6.32. The van der Waals surface area contributed by atoms with Crippen molar-refractivity contribution in [1.82, 2.24) is 34.2 Å². The van der Waals surface area contributed by atoms with Crippen molar-refractivity contribution in [1.29, 1.82) is 0 Å². The van der Waals surface area contributed by atoms with Crippen LogP contribution in [0.15, 0.2) is 43.2 Å². The van der Waals surface area contributed by atoms with Crippen molar-refractivity contribution in [3.63, 3.8) is 0 Å². The van der Waals surface area contributed by atoms with Crippen molar-refractivity contribution in [2.24, 2.45) is 0 Å². The molecule has 0 unspecified atom stereocenters. The highest BCUT2D eigenvalue weighted by Gasteiger charge is 2.33. The van der Waals surface area contributed by atoms with Crippen molar-refractivity contribution in [2.75, 3.05) is 0 Å². The highest BCUT2D eigenvalue weighted by molar-refractivity contribution is 5.78. The maximum Gasteiger partial charge on any atom is 0.0999 e. The Morgan fingerprint density at radius 1 is 0.968 bits per heavy atom. The van der Waals surface area contributed by atoms with Crippen molar-refractivity contribution in [3.05, 3.63) is 43.2 Å². The molecule has 31 heavy (non-hydrogen) atoms. The number of rotatable bonds is 6. The van der Waals surface area contributed by atoms with Crippen LogP contribution >= 0.6 is 0 Å². The summed E-state index contributed by atoms with van der Waals surface area (Å²) >= 11 is 0. The average molecular weight is 422 g/mol. The summed E-state index contributed by atoms with van der Waals surface area (Å²) in [4.78, 5) is 4.94. The fraction of sp³-hybridized carbons (Fsp3) is 0.455. The summed E-state index contributed by atoms with van der Waals surface area (Å²) in [6, 6.07) is 2.30. The molecule has 0 aromatic carbocycles. The lowest BCUT2D eigenvalue weighted by atomic mass is 10.1. The van der Waals surface area contributed by atoms with E-state index in [9.17, 15) is 10.2 Å². The second-order valence-corrected chi connectivity index (χ2v) is 8.28. The van der Waals surface area contributed by atoms with E-state index in [1.165, 1.54) is 0 Å². The van der Waals surface area contributed by atoms with Gasteiger partial charge in [0, 0.05) is 23.5 Å². The molecule has 1 aliphatic carbocycles. The monoisotopic (exact) mass is 421 g/mol. The Balaban J connectivity index is 1.52. The number of nitrogens with zero attached hydrogens (tertiary/aromatic N) is 7. The molecule has 4 heterocycles. The fourth-order valence-corrected chi connectivity index (χ4v) is 4.46. The van der Waals surface area contributed by atoms with Gasteiger partial charge in [0.15, 0.2) is 0 Å². The highest BCUT2D eigenvalue weighted by atomic mass is 16.3. The van der Waals surface area contributed by atoms with Crippen molar-refractivity contribution < 1.29 is 10.2 Å². The van der Waals surface area contributed by atoms with E-state index in [0.717, 1.165) is 40.9 Å². The number of hydrogen-bond donors (Lipinski definition) is 2. The molecule has 0 amide bonds. The Labute approximate surface area is 180 Å². The molecule has 0 radical (unpaired) electrons. The van der Waals surface area contributed by atoms with Gasteiger partial charge in [-0.1, -0.05) is 13.8 Å². The fourth-order valence-electron chi connectivity index (χ4n) is 4.46. The van der Waals surface area contributed by atoms with Crippen molar-refractivity contribution in [3.8, 4) is 22.5 Å². The topological polar surface area (TPSA) is 106 Å². The molecule has 0 bridgehead atoms. The van der Waals surface area contributed by atoms with Crippen LogP contribution in [-0.4, -0.2) is 56.6 Å². The minimum atomic E-state index is -0.700. The molecule has 4 aromatic heterocycles. The average Bonchev–Trinajstić information content (AvgIpc) is 3.56. The summed E-state index contributed by atoms with van der Waals surface area (Å²) in [5.41, 5.74) is 4.32. The summed E-state index contributed by atoms with van der Waals surface area (Å²) in [5.74, 6) is 0. The van der Waals surface area contributed by atoms with E-state index >= 15 is 0 Å². The lowest BCUT2D eigenvalue weighted by Crippen LogP contribution is -2.17. The molecule has 9 nitrogen and oxygen atoms in total. The predicted octanol–water partition coefficient (Wildman–Crippen LogP) is 2.87. The van der Waals surface area contributed by atoms with E-state index < -0.39 is 12.2 Å². The van der Waals surface area contributed by atoms with Gasteiger partial charge in [0.2, 0.25) is 0 Å². The Kier molecular flexibility index (Phi) is 5.07. The Morgan fingerprint density at radius 2 is 1.71 bits per heavy atom. The molecule has 9 heteroatoms. The maximum absolute atomic E-state index is 9.86. The molecule has 1 fully saturated rings. The van der Waals surface area contributed by atoms with Gasteiger partial charge in [-0.3, -0.25) is 9.36 Å². The number of aromatic nitrogens is 7. The quantitative estimate of drug-likeness (QED) is 0.496. The molecule has 162 valence electrons. The summed E-state index contributed by atoms with van der Waals surface area (Å²) in [6.07, 6.45) is 12.9. The summed E-state index contributed by atoms with van der Waals surface area (Å²) < 4.78 is 5.66. The maximum atomic E-state index is 9.86. The van der Waals surface area contributed by atoms with Crippen LogP contribution in [-0.2, 0) is 0 Å². The zero-order chi connectivity index (χ0) is 21.5. The molecule has 0 spiro atoms. The summed E-state index contributed by atoms with van der Waals surface area (Å²) in [6.45, 7) is 4.34. The predicted molar refractivity (Wildman–Crippen MR) is 115 cm³/mol. The molecular weight excluding hydrogens is 394 g/mol. The van der Waals surface area contributed by atoms with Gasteiger partial charge >= 0.3 is 0 Å². The second-order valence-electron chi connectivity index (χ2n) is 8.28. The minimum absolute atomic E-state index is 0.0232. The largest absolute Gasteiger partial charge is 0.390 e. The highest BCUT2D eigenvalue weighted by Crippen LogP contribution is 2.32. The van der Waals surface area contributed by atoms with Crippen LogP contribution in [0.1, 0.15) is 51.6 Å². The summed E-state index contributed by atoms with van der Waals surface area (Å²) in [7, 11) is 0. The SMILES string of the molecule is CCC(CC)n1cc(-c2nc(-c3cnn([C@@H]4C[C@@H](O)[C@@H](O)C4)c3)cn3nccc23)cn1. The third-order valence-corrected chi connectivity index (χ3v) is 6.32. The Hall–Kier alpha value is -3.04. The van der Waals surface area contributed by atoms with Gasteiger partial charge in [0.1, 0.15) is 0 Å². The van der Waals surface area contributed by atoms with Crippen LogP contribution in [0.5, 0.6) is 0 Å². The normalized spacial score (nSPS) is 21.5. The van der Waals surface area contributed by atoms with Crippen molar-refractivity contribution in [2.45, 2.75) is 63.8 Å². The lowest BCUT2D eigenvalue weighted by Gasteiger charge is -2.12. The molecule has 5 rings (SSSR count). The van der Waals surface area contributed by atoms with Gasteiger partial charge in [-0.2, -0.15) is 15.3 Å². The van der Waals surface area contributed by atoms with E-state index in [-0.39, 0.29) is 6.04 Å². The molecule has 4 aromatic rings. The van der Waals surface area contributed by atoms with Gasteiger partial charge in [-0.05, 0) is 31.7 Å². The first-order chi connectivity index (χ1) is 15.1. The number of aliphatic hydroxyl groups excluding tert-OH is 2.